The van der Waals surface area contributed by atoms with E-state index in [2.05, 4.69) is 20.2 Å². The molecule has 1 aromatic carbocycles. The largest absolute Gasteiger partial charge is 0.359 e. The first-order valence-electron chi connectivity index (χ1n) is 5.19. The van der Waals surface area contributed by atoms with Crippen LogP contribution in [0.5, 0.6) is 0 Å². The zero-order chi connectivity index (χ0) is 11.8. The van der Waals surface area contributed by atoms with Crippen molar-refractivity contribution in [3.63, 3.8) is 0 Å². The Bertz CT molecular complexity index is 567. The smallest absolute Gasteiger partial charge is 0.255 e. The van der Waals surface area contributed by atoms with Crippen LogP contribution in [0.15, 0.2) is 23.6 Å². The summed E-state index contributed by atoms with van der Waals surface area (Å²) in [5.41, 5.74) is 3.32. The summed E-state index contributed by atoms with van der Waals surface area (Å²) in [5, 5.41) is 11.9. The predicted molar refractivity (Wildman–Crippen MR) is 64.9 cm³/mol. The van der Waals surface area contributed by atoms with Crippen LogP contribution in [0.3, 0.4) is 0 Å². The van der Waals surface area contributed by atoms with Crippen LogP contribution >= 0.6 is 11.5 Å². The minimum absolute atomic E-state index is 0.0829. The van der Waals surface area contributed by atoms with Crippen molar-refractivity contribution in [3.8, 4) is 0 Å². The zero-order valence-corrected chi connectivity index (χ0v) is 9.91. The molecule has 1 aromatic heterocycles. The molecule has 0 aliphatic carbocycles. The van der Waals surface area contributed by atoms with E-state index in [1.807, 2.05) is 24.4 Å². The van der Waals surface area contributed by atoms with E-state index < -0.39 is 0 Å². The van der Waals surface area contributed by atoms with Crippen LogP contribution in [0.2, 0.25) is 0 Å². The lowest BCUT2D eigenvalue weighted by molar-refractivity contribution is 0.0934. The summed E-state index contributed by atoms with van der Waals surface area (Å²) >= 11 is 1.27. The number of nitrogens with one attached hydrogen (secondary N) is 2. The van der Waals surface area contributed by atoms with Crippen molar-refractivity contribution >= 4 is 23.1 Å². The number of carbonyl (C=O) groups is 1. The van der Waals surface area contributed by atoms with Gasteiger partial charge in [0, 0.05) is 5.38 Å². The number of rotatable bonds is 1. The number of carbonyl (C=O) groups excluding carboxylic acids is 1. The second-order valence-corrected chi connectivity index (χ2v) is 4.49. The second-order valence-electron chi connectivity index (χ2n) is 3.88. The van der Waals surface area contributed by atoms with Crippen LogP contribution in [0.1, 0.15) is 27.8 Å². The highest BCUT2D eigenvalue weighted by molar-refractivity contribution is 7.03. The molecule has 0 spiro atoms. The van der Waals surface area contributed by atoms with Crippen molar-refractivity contribution in [1.82, 2.24) is 14.9 Å². The standard InChI is InChI=1S/C11H10N4OS/c1-6-3-2-4-7-9(6)12-10(13-11(7)16)8-5-17-15-14-8/h2-5,10,12H,1H3,(H,13,16). The summed E-state index contributed by atoms with van der Waals surface area (Å²) in [7, 11) is 0. The molecule has 2 aromatic rings. The summed E-state index contributed by atoms with van der Waals surface area (Å²) in [4.78, 5) is 11.9. The molecule has 0 saturated carbocycles. The third-order valence-electron chi connectivity index (χ3n) is 2.75. The number of aromatic nitrogens is 2. The third-order valence-corrected chi connectivity index (χ3v) is 3.28. The number of anilines is 1. The normalized spacial score (nSPS) is 18.2. The fourth-order valence-corrected chi connectivity index (χ4v) is 2.36. The third kappa shape index (κ3) is 1.66. The number of amides is 1. The first kappa shape index (κ1) is 10.2. The fraction of sp³-hybridized carbons (Fsp3) is 0.182. The topological polar surface area (TPSA) is 66.9 Å². The number of benzene rings is 1. The number of nitrogens with zero attached hydrogens (tertiary/aromatic N) is 2. The van der Waals surface area contributed by atoms with Crippen LogP contribution < -0.4 is 10.6 Å². The molecule has 2 N–H and O–H groups in total. The maximum atomic E-state index is 11.9. The molecule has 1 atom stereocenters. The predicted octanol–water partition coefficient (Wildman–Crippen LogP) is 1.70. The molecule has 5 nitrogen and oxygen atoms in total. The van der Waals surface area contributed by atoms with Crippen molar-refractivity contribution in [2.75, 3.05) is 5.32 Å². The molecule has 0 bridgehead atoms. The molecule has 0 saturated heterocycles. The Morgan fingerprint density at radius 2 is 2.24 bits per heavy atom. The van der Waals surface area contributed by atoms with Gasteiger partial charge in [0.25, 0.3) is 5.91 Å². The Balaban J connectivity index is 2.03. The maximum Gasteiger partial charge on any atom is 0.255 e. The summed E-state index contributed by atoms with van der Waals surface area (Å²) in [6.07, 6.45) is -0.296. The fourth-order valence-electron chi connectivity index (χ4n) is 1.88. The first-order chi connectivity index (χ1) is 8.25. The highest BCUT2D eigenvalue weighted by atomic mass is 32.1. The van der Waals surface area contributed by atoms with Crippen LogP contribution in [-0.4, -0.2) is 15.5 Å². The molecule has 0 radical (unpaired) electrons. The van der Waals surface area contributed by atoms with E-state index in [0.29, 0.717) is 5.56 Å². The summed E-state index contributed by atoms with van der Waals surface area (Å²) in [6.45, 7) is 1.97. The van der Waals surface area contributed by atoms with Gasteiger partial charge < -0.3 is 10.6 Å². The Morgan fingerprint density at radius 1 is 1.35 bits per heavy atom. The van der Waals surface area contributed by atoms with Crippen molar-refractivity contribution in [2.24, 2.45) is 0 Å². The van der Waals surface area contributed by atoms with Gasteiger partial charge in [0.05, 0.1) is 11.3 Å². The molecule has 6 heteroatoms. The van der Waals surface area contributed by atoms with Crippen LogP contribution in [0, 0.1) is 6.92 Å². The lowest BCUT2D eigenvalue weighted by Gasteiger charge is -2.27. The number of fused-ring (bicyclic) bond motifs is 1. The molecule has 1 aliphatic rings. The van der Waals surface area contributed by atoms with Gasteiger partial charge in [-0.1, -0.05) is 16.6 Å². The van der Waals surface area contributed by atoms with Crippen LogP contribution in [0.25, 0.3) is 0 Å². The van der Waals surface area contributed by atoms with Gasteiger partial charge in [0.2, 0.25) is 0 Å². The minimum atomic E-state index is -0.296. The summed E-state index contributed by atoms with van der Waals surface area (Å²) in [5.74, 6) is -0.0829. The lowest BCUT2D eigenvalue weighted by Crippen LogP contribution is -2.39. The van der Waals surface area contributed by atoms with Gasteiger partial charge >= 0.3 is 0 Å². The highest BCUT2D eigenvalue weighted by Gasteiger charge is 2.26. The van der Waals surface area contributed by atoms with Crippen molar-refractivity contribution in [3.05, 3.63) is 40.4 Å². The molecule has 86 valence electrons. The van der Waals surface area contributed by atoms with Gasteiger partial charge in [-0.05, 0) is 30.1 Å². The van der Waals surface area contributed by atoms with Crippen LogP contribution in [-0.2, 0) is 0 Å². The van der Waals surface area contributed by atoms with E-state index in [1.54, 1.807) is 6.07 Å². The Morgan fingerprint density at radius 3 is 3.00 bits per heavy atom. The maximum absolute atomic E-state index is 11.9. The number of hydrogen-bond donors (Lipinski definition) is 2. The molecule has 1 unspecified atom stereocenters. The highest BCUT2D eigenvalue weighted by Crippen LogP contribution is 2.28. The van der Waals surface area contributed by atoms with E-state index in [-0.39, 0.29) is 12.1 Å². The van der Waals surface area contributed by atoms with E-state index in [1.165, 1.54) is 11.5 Å². The minimum Gasteiger partial charge on any atom is -0.359 e. The van der Waals surface area contributed by atoms with Gasteiger partial charge in [0.15, 0.2) is 0 Å². The van der Waals surface area contributed by atoms with Crippen LogP contribution in [0.4, 0.5) is 5.69 Å². The number of hydrogen-bond acceptors (Lipinski definition) is 5. The molecule has 0 fully saturated rings. The number of aryl methyl sites for hydroxylation is 1. The first-order valence-corrected chi connectivity index (χ1v) is 6.03. The van der Waals surface area contributed by atoms with Gasteiger partial charge in [-0.3, -0.25) is 4.79 Å². The quantitative estimate of drug-likeness (QED) is 0.803. The van der Waals surface area contributed by atoms with Crippen molar-refractivity contribution < 1.29 is 4.79 Å². The average Bonchev–Trinajstić information content (AvgIpc) is 2.84. The Labute approximate surface area is 102 Å². The van der Waals surface area contributed by atoms with Crippen molar-refractivity contribution in [1.29, 1.82) is 0 Å². The monoisotopic (exact) mass is 246 g/mol. The SMILES string of the molecule is Cc1cccc2c1NC(c1csnn1)NC2=O. The zero-order valence-electron chi connectivity index (χ0n) is 9.10. The van der Waals surface area contributed by atoms with Gasteiger partial charge in [-0.15, -0.1) is 5.10 Å². The molecular weight excluding hydrogens is 236 g/mol. The molecule has 17 heavy (non-hydrogen) atoms. The van der Waals surface area contributed by atoms with E-state index in [4.69, 9.17) is 0 Å². The van der Waals surface area contributed by atoms with Gasteiger partial charge in [0.1, 0.15) is 11.9 Å². The van der Waals surface area contributed by atoms with E-state index >= 15 is 0 Å². The van der Waals surface area contributed by atoms with E-state index in [9.17, 15) is 4.79 Å². The van der Waals surface area contributed by atoms with E-state index in [0.717, 1.165) is 16.9 Å². The van der Waals surface area contributed by atoms with Gasteiger partial charge in [-0.2, -0.15) is 0 Å². The average molecular weight is 246 g/mol. The molecule has 3 rings (SSSR count). The number of para-hydroxylation sites is 1. The Kier molecular flexibility index (Phi) is 2.29. The Hall–Kier alpha value is -1.95. The molecule has 2 heterocycles. The molecule has 1 aliphatic heterocycles. The summed E-state index contributed by atoms with van der Waals surface area (Å²) in [6, 6.07) is 5.65. The van der Waals surface area contributed by atoms with Gasteiger partial charge in [-0.25, -0.2) is 0 Å². The van der Waals surface area contributed by atoms with Crippen molar-refractivity contribution in [2.45, 2.75) is 13.1 Å². The molecule has 1 amide bonds. The molecular formula is C11H10N4OS. The second kappa shape index (κ2) is 3.81. The lowest BCUT2D eigenvalue weighted by atomic mass is 10.0. The summed E-state index contributed by atoms with van der Waals surface area (Å²) < 4.78 is 3.80.